The molecule has 0 spiro atoms. The van der Waals surface area contributed by atoms with E-state index < -0.39 is 0 Å². The van der Waals surface area contributed by atoms with E-state index in [0.29, 0.717) is 20.7 Å². The monoisotopic (exact) mass is 440 g/mol. The van der Waals surface area contributed by atoms with Crippen LogP contribution in [0.25, 0.3) is 0 Å². The molecule has 1 aromatic heterocycles. The molecule has 0 saturated heterocycles. The third-order valence-corrected chi connectivity index (χ3v) is 4.37. The Bertz CT molecular complexity index is 568. The minimum absolute atomic E-state index is 0.212. The third-order valence-electron chi connectivity index (χ3n) is 2.39. The van der Waals surface area contributed by atoms with Gasteiger partial charge in [-0.2, -0.15) is 0 Å². The van der Waals surface area contributed by atoms with E-state index in [-0.39, 0.29) is 10.6 Å². The molecule has 2 nitrogen and oxygen atoms in total. The lowest BCUT2D eigenvalue weighted by Crippen LogP contribution is -1.97. The summed E-state index contributed by atoms with van der Waals surface area (Å²) in [5.41, 5.74) is 0.785. The number of benzene rings is 1. The van der Waals surface area contributed by atoms with E-state index >= 15 is 0 Å². The van der Waals surface area contributed by atoms with Crippen LogP contribution < -0.4 is 4.74 Å². The van der Waals surface area contributed by atoms with Crippen molar-refractivity contribution in [2.75, 3.05) is 7.11 Å². The minimum Gasteiger partial charge on any atom is -0.496 e. The van der Waals surface area contributed by atoms with E-state index in [1.54, 1.807) is 12.1 Å². The number of rotatable bonds is 3. The predicted octanol–water partition coefficient (Wildman–Crippen LogP) is 5.44. The van der Waals surface area contributed by atoms with Crippen molar-refractivity contribution in [2.24, 2.45) is 0 Å². The van der Waals surface area contributed by atoms with Gasteiger partial charge in [-0.15, -0.1) is 0 Å². The molecule has 0 N–H and O–H groups in total. The number of methoxy groups -OCH3 is 1. The van der Waals surface area contributed by atoms with Crippen LogP contribution in [0.3, 0.4) is 0 Å². The van der Waals surface area contributed by atoms with Crippen LogP contribution in [-0.4, -0.2) is 7.11 Å². The molecule has 0 amide bonds. The van der Waals surface area contributed by atoms with Crippen molar-refractivity contribution in [1.82, 2.24) is 0 Å². The highest BCUT2D eigenvalue weighted by Crippen LogP contribution is 2.40. The zero-order valence-electron chi connectivity index (χ0n) is 9.22. The largest absolute Gasteiger partial charge is 0.496 e. The van der Waals surface area contributed by atoms with Gasteiger partial charge in [0.05, 0.1) is 11.6 Å². The van der Waals surface area contributed by atoms with Crippen LogP contribution in [0.1, 0.15) is 16.2 Å². The molecule has 0 bridgehead atoms. The third kappa shape index (κ3) is 2.81. The Morgan fingerprint density at radius 1 is 1.28 bits per heavy atom. The van der Waals surface area contributed by atoms with Gasteiger partial charge in [-0.25, -0.2) is 4.39 Å². The van der Waals surface area contributed by atoms with Crippen LogP contribution >= 0.6 is 47.8 Å². The average Bonchev–Trinajstić information content (AvgIpc) is 2.78. The number of ether oxygens (including phenoxy) is 1. The smallest absolute Gasteiger partial charge is 0.169 e. The van der Waals surface area contributed by atoms with Crippen molar-refractivity contribution in [3.63, 3.8) is 0 Å². The summed E-state index contributed by atoms with van der Waals surface area (Å²) in [7, 11) is 1.50. The summed E-state index contributed by atoms with van der Waals surface area (Å²) < 4.78 is 25.1. The number of furan rings is 1. The Balaban J connectivity index is 2.46. The van der Waals surface area contributed by atoms with Gasteiger partial charge in [0.15, 0.2) is 4.67 Å². The lowest BCUT2D eigenvalue weighted by atomic mass is 10.1. The van der Waals surface area contributed by atoms with E-state index in [1.807, 2.05) is 6.07 Å². The maximum Gasteiger partial charge on any atom is 0.169 e. The predicted molar refractivity (Wildman–Crippen MR) is 77.8 cm³/mol. The van der Waals surface area contributed by atoms with Crippen molar-refractivity contribution in [3.8, 4) is 5.75 Å². The van der Waals surface area contributed by atoms with Crippen LogP contribution in [0, 0.1) is 5.82 Å². The van der Waals surface area contributed by atoms with E-state index in [4.69, 9.17) is 9.15 Å². The first-order chi connectivity index (χ1) is 8.52. The van der Waals surface area contributed by atoms with Crippen LogP contribution in [0.2, 0.25) is 0 Å². The van der Waals surface area contributed by atoms with Crippen molar-refractivity contribution in [1.29, 1.82) is 0 Å². The summed E-state index contributed by atoms with van der Waals surface area (Å²) in [6, 6.07) is 6.64. The van der Waals surface area contributed by atoms with Crippen LogP contribution in [0.5, 0.6) is 5.75 Å². The van der Waals surface area contributed by atoms with Gasteiger partial charge < -0.3 is 9.15 Å². The summed E-state index contributed by atoms with van der Waals surface area (Å²) in [5, 5.41) is 0. The molecule has 1 aromatic carbocycles. The SMILES string of the molecule is COc1cc(F)c(Br)cc1C(Br)c1ccc(Br)o1. The Morgan fingerprint density at radius 2 is 2.00 bits per heavy atom. The molecule has 1 atom stereocenters. The molecule has 1 unspecified atom stereocenters. The molecule has 0 radical (unpaired) electrons. The second-order valence-corrected chi connectivity index (χ2v) is 6.06. The number of hydrogen-bond acceptors (Lipinski definition) is 2. The summed E-state index contributed by atoms with van der Waals surface area (Å²) in [6.45, 7) is 0. The van der Waals surface area contributed by atoms with Gasteiger partial charge in [0.1, 0.15) is 22.2 Å². The van der Waals surface area contributed by atoms with Crippen molar-refractivity contribution >= 4 is 47.8 Å². The highest BCUT2D eigenvalue weighted by atomic mass is 79.9. The summed E-state index contributed by atoms with van der Waals surface area (Å²) >= 11 is 9.93. The normalized spacial score (nSPS) is 12.5. The Hall–Kier alpha value is -0.330. The average molecular weight is 443 g/mol. The van der Waals surface area contributed by atoms with Crippen LogP contribution in [0.15, 0.2) is 37.8 Å². The molecule has 2 rings (SSSR count). The summed E-state index contributed by atoms with van der Waals surface area (Å²) in [6.07, 6.45) is 0. The van der Waals surface area contributed by atoms with Crippen LogP contribution in [0.4, 0.5) is 4.39 Å². The quantitative estimate of drug-likeness (QED) is 0.591. The van der Waals surface area contributed by atoms with E-state index in [2.05, 4.69) is 47.8 Å². The fourth-order valence-electron chi connectivity index (χ4n) is 1.54. The Kier molecular flexibility index (Phi) is 4.50. The van der Waals surface area contributed by atoms with Crippen molar-refractivity contribution < 1.29 is 13.5 Å². The van der Waals surface area contributed by atoms with E-state index in [1.165, 1.54) is 13.2 Å². The first-order valence-corrected chi connectivity index (χ1v) is 7.45. The number of alkyl halides is 1. The lowest BCUT2D eigenvalue weighted by Gasteiger charge is -2.13. The van der Waals surface area contributed by atoms with E-state index in [0.717, 1.165) is 5.56 Å². The molecular formula is C12H8Br3FO2. The Labute approximate surface area is 129 Å². The second kappa shape index (κ2) is 5.75. The lowest BCUT2D eigenvalue weighted by molar-refractivity contribution is 0.404. The van der Waals surface area contributed by atoms with Gasteiger partial charge in [0, 0.05) is 11.6 Å². The first-order valence-electron chi connectivity index (χ1n) is 4.95. The Morgan fingerprint density at radius 3 is 2.56 bits per heavy atom. The topological polar surface area (TPSA) is 22.4 Å². The van der Waals surface area contributed by atoms with E-state index in [9.17, 15) is 4.39 Å². The maximum atomic E-state index is 13.4. The highest BCUT2D eigenvalue weighted by molar-refractivity contribution is 9.10. The zero-order chi connectivity index (χ0) is 13.3. The number of hydrogen-bond donors (Lipinski definition) is 0. The molecule has 0 aliphatic carbocycles. The van der Waals surface area contributed by atoms with Crippen molar-refractivity contribution in [2.45, 2.75) is 4.83 Å². The minimum atomic E-state index is -0.365. The summed E-state index contributed by atoms with van der Waals surface area (Å²) in [5.74, 6) is 0.805. The molecule has 2 aromatic rings. The molecule has 0 aliphatic heterocycles. The molecule has 1 heterocycles. The van der Waals surface area contributed by atoms with Crippen molar-refractivity contribution in [3.05, 3.63) is 50.5 Å². The van der Waals surface area contributed by atoms with Gasteiger partial charge in [0.25, 0.3) is 0 Å². The van der Waals surface area contributed by atoms with Gasteiger partial charge >= 0.3 is 0 Å². The summed E-state index contributed by atoms with van der Waals surface area (Å²) in [4.78, 5) is -0.212. The maximum absolute atomic E-state index is 13.4. The van der Waals surface area contributed by atoms with Gasteiger partial charge in [-0.3, -0.25) is 0 Å². The molecular weight excluding hydrogens is 435 g/mol. The molecule has 6 heteroatoms. The zero-order valence-corrected chi connectivity index (χ0v) is 14.0. The first kappa shape index (κ1) is 14.1. The molecule has 0 fully saturated rings. The number of halogens is 4. The molecule has 18 heavy (non-hydrogen) atoms. The molecule has 0 saturated carbocycles. The second-order valence-electron chi connectivity index (χ2n) is 3.51. The molecule has 96 valence electrons. The fraction of sp³-hybridized carbons (Fsp3) is 0.167. The van der Waals surface area contributed by atoms with Gasteiger partial charge in [-0.1, -0.05) is 15.9 Å². The highest BCUT2D eigenvalue weighted by Gasteiger charge is 2.20. The fourth-order valence-corrected chi connectivity index (χ4v) is 2.82. The van der Waals surface area contributed by atoms with Gasteiger partial charge in [0.2, 0.25) is 0 Å². The standard InChI is InChI=1S/C12H8Br3FO2/c1-17-10-5-8(16)7(13)4-6(10)12(15)9-2-3-11(14)18-9/h2-5,12H,1H3. The van der Waals surface area contributed by atoms with Crippen LogP contribution in [-0.2, 0) is 0 Å². The van der Waals surface area contributed by atoms with Gasteiger partial charge in [-0.05, 0) is 50.1 Å². The molecule has 0 aliphatic rings.